The molecule has 1 aromatic rings. The van der Waals surface area contributed by atoms with Crippen LogP contribution in [-0.2, 0) is 0 Å². The van der Waals surface area contributed by atoms with Gasteiger partial charge in [-0.25, -0.2) is 9.97 Å². The van der Waals surface area contributed by atoms with Crippen molar-refractivity contribution in [1.29, 1.82) is 0 Å². The van der Waals surface area contributed by atoms with E-state index in [4.69, 9.17) is 0 Å². The summed E-state index contributed by atoms with van der Waals surface area (Å²) in [7, 11) is 4.16. The summed E-state index contributed by atoms with van der Waals surface area (Å²) in [6.45, 7) is 6.09. The number of nitrogens with one attached hydrogen (secondary N) is 2. The minimum atomic E-state index is 0.369. The molecule has 0 aliphatic carbocycles. The van der Waals surface area contributed by atoms with Crippen molar-refractivity contribution in [1.82, 2.24) is 14.9 Å². The van der Waals surface area contributed by atoms with Crippen molar-refractivity contribution in [2.45, 2.75) is 26.3 Å². The first-order chi connectivity index (χ1) is 8.54. The Labute approximate surface area is 118 Å². The monoisotopic (exact) mass is 315 g/mol. The highest BCUT2D eigenvalue weighted by atomic mass is 79.9. The Balaban J connectivity index is 2.63. The number of hydrogen-bond donors (Lipinski definition) is 2. The molecule has 0 fully saturated rings. The first kappa shape index (κ1) is 15.2. The molecule has 0 saturated heterocycles. The maximum absolute atomic E-state index is 4.27. The van der Waals surface area contributed by atoms with Gasteiger partial charge in [0, 0.05) is 12.6 Å². The lowest BCUT2D eigenvalue weighted by Gasteiger charge is -2.18. The van der Waals surface area contributed by atoms with E-state index in [-0.39, 0.29) is 0 Å². The molecule has 0 aromatic carbocycles. The highest BCUT2D eigenvalue weighted by Gasteiger charge is 2.10. The van der Waals surface area contributed by atoms with Gasteiger partial charge < -0.3 is 15.5 Å². The van der Waals surface area contributed by atoms with Gasteiger partial charge in [0.05, 0.1) is 0 Å². The summed E-state index contributed by atoms with van der Waals surface area (Å²) in [5, 5.41) is 6.59. The van der Waals surface area contributed by atoms with Crippen LogP contribution in [0, 0.1) is 0 Å². The zero-order valence-corrected chi connectivity index (χ0v) is 13.1. The van der Waals surface area contributed by atoms with E-state index in [1.165, 1.54) is 0 Å². The minimum absolute atomic E-state index is 0.369. The van der Waals surface area contributed by atoms with Crippen molar-refractivity contribution in [2.75, 3.05) is 37.8 Å². The first-order valence-corrected chi connectivity index (χ1v) is 6.99. The van der Waals surface area contributed by atoms with Gasteiger partial charge >= 0.3 is 0 Å². The van der Waals surface area contributed by atoms with Gasteiger partial charge in [0.25, 0.3) is 0 Å². The van der Waals surface area contributed by atoms with E-state index in [9.17, 15) is 0 Å². The molecule has 6 heteroatoms. The molecule has 0 spiro atoms. The molecule has 0 radical (unpaired) electrons. The van der Waals surface area contributed by atoms with E-state index in [1.807, 2.05) is 6.92 Å². The van der Waals surface area contributed by atoms with Gasteiger partial charge in [-0.3, -0.25) is 0 Å². The zero-order valence-electron chi connectivity index (χ0n) is 11.5. The topological polar surface area (TPSA) is 53.1 Å². The third-order valence-electron chi connectivity index (χ3n) is 2.53. The summed E-state index contributed by atoms with van der Waals surface area (Å²) < 4.78 is 0.892. The van der Waals surface area contributed by atoms with Crippen molar-refractivity contribution in [3.63, 3.8) is 0 Å². The van der Waals surface area contributed by atoms with Crippen LogP contribution in [0.3, 0.4) is 0 Å². The molecule has 2 N–H and O–H groups in total. The molecular weight excluding hydrogens is 294 g/mol. The molecule has 0 aliphatic heterocycles. The number of halogens is 1. The van der Waals surface area contributed by atoms with E-state index in [0.29, 0.717) is 6.04 Å². The van der Waals surface area contributed by atoms with Crippen LogP contribution >= 0.6 is 15.9 Å². The Hall–Kier alpha value is -0.880. The molecule has 1 heterocycles. The third kappa shape index (κ3) is 4.78. The lowest BCUT2D eigenvalue weighted by molar-refractivity contribution is 0.390. The second-order valence-electron chi connectivity index (χ2n) is 4.55. The predicted octanol–water partition coefficient (Wildman–Crippen LogP) is 2.42. The van der Waals surface area contributed by atoms with Crippen molar-refractivity contribution < 1.29 is 0 Å². The second kappa shape index (κ2) is 7.53. The van der Waals surface area contributed by atoms with Gasteiger partial charge in [-0.1, -0.05) is 0 Å². The van der Waals surface area contributed by atoms with Gasteiger partial charge in [-0.05, 0) is 56.8 Å². The van der Waals surface area contributed by atoms with Gasteiger partial charge in [-0.15, -0.1) is 0 Å². The van der Waals surface area contributed by atoms with Gasteiger partial charge in [0.2, 0.25) is 0 Å². The van der Waals surface area contributed by atoms with Crippen molar-refractivity contribution in [3.05, 3.63) is 10.8 Å². The molecular formula is C12H22BrN5. The Morgan fingerprint density at radius 2 is 2.00 bits per heavy atom. The predicted molar refractivity (Wildman–Crippen MR) is 80.2 cm³/mol. The van der Waals surface area contributed by atoms with Crippen molar-refractivity contribution in [2.24, 2.45) is 0 Å². The number of anilines is 2. The summed E-state index contributed by atoms with van der Waals surface area (Å²) in [5.41, 5.74) is 0. The summed E-state index contributed by atoms with van der Waals surface area (Å²) in [6, 6.07) is 0.369. The normalized spacial score (nSPS) is 12.6. The van der Waals surface area contributed by atoms with Crippen LogP contribution in [0.15, 0.2) is 10.8 Å². The Kier molecular flexibility index (Phi) is 6.35. The molecule has 0 aliphatic rings. The highest BCUT2D eigenvalue weighted by molar-refractivity contribution is 9.10. The van der Waals surface area contributed by atoms with Crippen LogP contribution in [0.2, 0.25) is 0 Å². The van der Waals surface area contributed by atoms with Crippen LogP contribution < -0.4 is 10.6 Å². The maximum atomic E-state index is 4.27. The Morgan fingerprint density at radius 1 is 1.33 bits per heavy atom. The summed E-state index contributed by atoms with van der Waals surface area (Å²) >= 11 is 3.53. The van der Waals surface area contributed by atoms with Crippen LogP contribution in [0.25, 0.3) is 0 Å². The lowest BCUT2D eigenvalue weighted by atomic mass is 10.2. The molecule has 1 unspecified atom stereocenters. The maximum Gasteiger partial charge on any atom is 0.146 e. The number of rotatable bonds is 7. The molecule has 18 heavy (non-hydrogen) atoms. The van der Waals surface area contributed by atoms with E-state index in [2.05, 4.69) is 62.5 Å². The lowest BCUT2D eigenvalue weighted by Crippen LogP contribution is -2.23. The Morgan fingerprint density at radius 3 is 2.61 bits per heavy atom. The summed E-state index contributed by atoms with van der Waals surface area (Å²) in [5.74, 6) is 1.67. The van der Waals surface area contributed by atoms with E-state index in [0.717, 1.165) is 35.6 Å². The molecule has 0 bridgehead atoms. The van der Waals surface area contributed by atoms with Gasteiger partial charge in [0.1, 0.15) is 22.4 Å². The van der Waals surface area contributed by atoms with E-state index in [1.54, 1.807) is 6.33 Å². The average Bonchev–Trinajstić information content (AvgIpc) is 2.32. The van der Waals surface area contributed by atoms with Crippen molar-refractivity contribution in [3.8, 4) is 0 Å². The van der Waals surface area contributed by atoms with E-state index < -0.39 is 0 Å². The fourth-order valence-electron chi connectivity index (χ4n) is 1.52. The van der Waals surface area contributed by atoms with Gasteiger partial charge in [-0.2, -0.15) is 0 Å². The SMILES string of the molecule is CCNc1ncnc(NC(C)CCN(C)C)c1Br. The summed E-state index contributed by atoms with van der Waals surface area (Å²) in [6.07, 6.45) is 2.64. The quantitative estimate of drug-likeness (QED) is 0.809. The molecule has 1 atom stereocenters. The molecule has 0 saturated carbocycles. The number of hydrogen-bond acceptors (Lipinski definition) is 5. The van der Waals surface area contributed by atoms with Crippen molar-refractivity contribution >= 4 is 27.6 Å². The minimum Gasteiger partial charge on any atom is -0.369 e. The van der Waals surface area contributed by atoms with Crippen LogP contribution in [0.4, 0.5) is 11.6 Å². The third-order valence-corrected chi connectivity index (χ3v) is 3.28. The van der Waals surface area contributed by atoms with E-state index >= 15 is 0 Å². The highest BCUT2D eigenvalue weighted by Crippen LogP contribution is 2.26. The number of nitrogens with zero attached hydrogens (tertiary/aromatic N) is 3. The fourth-order valence-corrected chi connectivity index (χ4v) is 1.98. The molecule has 5 nitrogen and oxygen atoms in total. The summed E-state index contributed by atoms with van der Waals surface area (Å²) in [4.78, 5) is 10.6. The zero-order chi connectivity index (χ0) is 13.5. The smallest absolute Gasteiger partial charge is 0.146 e. The second-order valence-corrected chi connectivity index (χ2v) is 5.35. The average molecular weight is 316 g/mol. The van der Waals surface area contributed by atoms with Crippen LogP contribution in [0.1, 0.15) is 20.3 Å². The standard InChI is InChI=1S/C12H22BrN5/c1-5-14-11-10(13)12(16-8-15-11)17-9(2)6-7-18(3)4/h8-9H,5-7H2,1-4H3,(H2,14,15,16,17). The Bertz CT molecular complexity index is 369. The molecule has 0 amide bonds. The molecule has 1 aromatic heterocycles. The largest absolute Gasteiger partial charge is 0.369 e. The fraction of sp³-hybridized carbons (Fsp3) is 0.667. The van der Waals surface area contributed by atoms with Crippen LogP contribution in [-0.4, -0.2) is 48.1 Å². The molecule has 102 valence electrons. The number of aromatic nitrogens is 2. The van der Waals surface area contributed by atoms with Gasteiger partial charge in [0.15, 0.2) is 0 Å². The first-order valence-electron chi connectivity index (χ1n) is 6.20. The molecule has 1 rings (SSSR count). The van der Waals surface area contributed by atoms with Crippen LogP contribution in [0.5, 0.6) is 0 Å².